The van der Waals surface area contributed by atoms with Crippen molar-refractivity contribution in [3.05, 3.63) is 63.5 Å². The molecule has 27 heavy (non-hydrogen) atoms. The highest BCUT2D eigenvalue weighted by molar-refractivity contribution is 7.98. The second-order valence-electron chi connectivity index (χ2n) is 5.17. The molecule has 138 valence electrons. The van der Waals surface area contributed by atoms with Crippen LogP contribution in [0.4, 0.5) is 17.6 Å². The fourth-order valence-electron chi connectivity index (χ4n) is 2.14. The molecule has 0 unspecified atom stereocenters. The molecule has 0 fully saturated rings. The molecule has 0 atom stereocenters. The molecule has 0 amide bonds. The van der Waals surface area contributed by atoms with E-state index in [0.717, 1.165) is 11.8 Å². The highest BCUT2D eigenvalue weighted by Gasteiger charge is 2.35. The number of alkyl halides is 3. The molecular formula is C16H8F4N4O2S. The van der Waals surface area contributed by atoms with Gasteiger partial charge in [-0.15, -0.1) is 0 Å². The third-order valence-electron chi connectivity index (χ3n) is 3.34. The molecule has 2 aromatic heterocycles. The summed E-state index contributed by atoms with van der Waals surface area (Å²) in [5.41, 5.74) is -2.50. The lowest BCUT2D eigenvalue weighted by Gasteiger charge is -2.10. The Bertz CT molecular complexity index is 1070. The molecule has 0 spiro atoms. The third kappa shape index (κ3) is 4.17. The lowest BCUT2D eigenvalue weighted by atomic mass is 10.1. The Balaban J connectivity index is 1.84. The Morgan fingerprint density at radius 3 is 2.59 bits per heavy atom. The Morgan fingerprint density at radius 1 is 1.26 bits per heavy atom. The van der Waals surface area contributed by atoms with Crippen LogP contribution in [0.5, 0.6) is 0 Å². The molecule has 0 saturated carbocycles. The van der Waals surface area contributed by atoms with E-state index >= 15 is 0 Å². The monoisotopic (exact) mass is 396 g/mol. The number of aromatic nitrogens is 3. The molecule has 0 saturated heterocycles. The van der Waals surface area contributed by atoms with Crippen LogP contribution >= 0.6 is 11.8 Å². The van der Waals surface area contributed by atoms with Crippen molar-refractivity contribution in [2.45, 2.75) is 17.0 Å². The first-order valence-corrected chi connectivity index (χ1v) is 8.22. The largest absolute Gasteiger partial charge is 0.417 e. The number of nitriles is 1. The zero-order valence-corrected chi connectivity index (χ0v) is 14.0. The number of aromatic amines is 1. The maximum atomic E-state index is 13.0. The van der Waals surface area contributed by atoms with Crippen LogP contribution in [-0.2, 0) is 11.9 Å². The minimum atomic E-state index is -4.84. The summed E-state index contributed by atoms with van der Waals surface area (Å²) in [6.07, 6.45) is -4.84. The number of nitrogens with one attached hydrogen (secondary N) is 1. The van der Waals surface area contributed by atoms with Crippen LogP contribution in [0.15, 0.2) is 44.7 Å². The van der Waals surface area contributed by atoms with Crippen molar-refractivity contribution in [2.75, 3.05) is 0 Å². The predicted molar refractivity (Wildman–Crippen MR) is 86.0 cm³/mol. The van der Waals surface area contributed by atoms with Crippen LogP contribution in [0.3, 0.4) is 0 Å². The van der Waals surface area contributed by atoms with E-state index in [1.165, 1.54) is 30.3 Å². The number of H-pyrrole nitrogens is 1. The third-order valence-corrected chi connectivity index (χ3v) is 4.32. The van der Waals surface area contributed by atoms with E-state index < -0.39 is 28.7 Å². The first-order valence-electron chi connectivity index (χ1n) is 7.24. The summed E-state index contributed by atoms with van der Waals surface area (Å²) >= 11 is 0.746. The van der Waals surface area contributed by atoms with Gasteiger partial charge in [0.05, 0.1) is 21.9 Å². The number of nitrogens with zero attached hydrogens (tertiary/aromatic N) is 3. The first-order chi connectivity index (χ1) is 12.8. The molecule has 3 aromatic rings. The highest BCUT2D eigenvalue weighted by atomic mass is 32.2. The Hall–Kier alpha value is -3.13. The lowest BCUT2D eigenvalue weighted by molar-refractivity contribution is -0.138. The zero-order chi connectivity index (χ0) is 19.6. The van der Waals surface area contributed by atoms with E-state index in [2.05, 4.69) is 15.1 Å². The van der Waals surface area contributed by atoms with Crippen molar-refractivity contribution < 1.29 is 22.1 Å². The van der Waals surface area contributed by atoms with Gasteiger partial charge in [0.1, 0.15) is 11.9 Å². The molecule has 0 radical (unpaired) electrons. The topological polar surface area (TPSA) is 95.6 Å². The molecule has 0 aliphatic rings. The van der Waals surface area contributed by atoms with Crippen LogP contribution < -0.4 is 5.56 Å². The summed E-state index contributed by atoms with van der Waals surface area (Å²) < 4.78 is 56.9. The summed E-state index contributed by atoms with van der Waals surface area (Å²) in [7, 11) is 0. The molecule has 6 nitrogen and oxygen atoms in total. The summed E-state index contributed by atoms with van der Waals surface area (Å²) in [4.78, 5) is 17.8. The number of benzene rings is 1. The number of hydrogen-bond donors (Lipinski definition) is 1. The molecule has 3 rings (SSSR count). The SMILES string of the molecule is N#Cc1c(C(F)(F)F)cc(=O)[nH]c1SCc1nc(-c2ccc(F)cc2)no1. The van der Waals surface area contributed by atoms with Gasteiger partial charge >= 0.3 is 6.18 Å². The van der Waals surface area contributed by atoms with E-state index in [1.54, 1.807) is 0 Å². The van der Waals surface area contributed by atoms with Crippen LogP contribution in [0.2, 0.25) is 0 Å². The number of pyridine rings is 1. The minimum Gasteiger partial charge on any atom is -0.338 e. The Morgan fingerprint density at radius 2 is 1.96 bits per heavy atom. The average molecular weight is 396 g/mol. The lowest BCUT2D eigenvalue weighted by Crippen LogP contribution is -2.17. The number of hydrogen-bond acceptors (Lipinski definition) is 6. The van der Waals surface area contributed by atoms with Gasteiger partial charge in [0.15, 0.2) is 0 Å². The summed E-state index contributed by atoms with van der Waals surface area (Å²) in [6.45, 7) is 0. The first kappa shape index (κ1) is 18.7. The molecule has 2 heterocycles. The van der Waals surface area contributed by atoms with E-state index in [4.69, 9.17) is 9.78 Å². The Kier molecular flexibility index (Phi) is 5.00. The standard InChI is InChI=1S/C16H8F4N4O2S/c17-9-3-1-8(2-4-9)14-23-13(26-24-14)7-27-15-10(6-21)11(16(18,19)20)5-12(25)22-15/h1-5H,7H2,(H,22,25). The second kappa shape index (κ2) is 7.24. The molecule has 0 aliphatic carbocycles. The molecule has 0 aliphatic heterocycles. The van der Waals surface area contributed by atoms with Gasteiger partial charge in [-0.2, -0.15) is 23.4 Å². The fourth-order valence-corrected chi connectivity index (χ4v) is 3.00. The van der Waals surface area contributed by atoms with Gasteiger partial charge in [-0.05, 0) is 24.3 Å². The van der Waals surface area contributed by atoms with Crippen molar-refractivity contribution in [2.24, 2.45) is 0 Å². The maximum absolute atomic E-state index is 13.0. The van der Waals surface area contributed by atoms with Gasteiger partial charge in [-0.25, -0.2) is 4.39 Å². The van der Waals surface area contributed by atoms with Crippen molar-refractivity contribution in [1.82, 2.24) is 15.1 Å². The quantitative estimate of drug-likeness (QED) is 0.533. The summed E-state index contributed by atoms with van der Waals surface area (Å²) in [6, 6.07) is 7.10. The van der Waals surface area contributed by atoms with E-state index in [0.29, 0.717) is 11.6 Å². The molecule has 1 aromatic carbocycles. The maximum Gasteiger partial charge on any atom is 0.417 e. The molecule has 1 N–H and O–H groups in total. The van der Waals surface area contributed by atoms with Gasteiger partial charge in [-0.3, -0.25) is 4.79 Å². The number of rotatable bonds is 4. The van der Waals surface area contributed by atoms with Crippen molar-refractivity contribution in [3.63, 3.8) is 0 Å². The molecule has 0 bridgehead atoms. The van der Waals surface area contributed by atoms with Crippen molar-refractivity contribution >= 4 is 11.8 Å². The van der Waals surface area contributed by atoms with Gasteiger partial charge < -0.3 is 9.51 Å². The summed E-state index contributed by atoms with van der Waals surface area (Å²) in [5, 5.41) is 12.5. The smallest absolute Gasteiger partial charge is 0.338 e. The van der Waals surface area contributed by atoms with Crippen LogP contribution in [0, 0.1) is 17.1 Å². The van der Waals surface area contributed by atoms with Crippen molar-refractivity contribution in [3.8, 4) is 17.5 Å². The van der Waals surface area contributed by atoms with E-state index in [1.807, 2.05) is 0 Å². The molecule has 11 heteroatoms. The number of halogens is 4. The molecular weight excluding hydrogens is 388 g/mol. The van der Waals surface area contributed by atoms with Crippen LogP contribution in [0.25, 0.3) is 11.4 Å². The minimum absolute atomic E-state index is 0.0569. The fraction of sp³-hybridized carbons (Fsp3) is 0.125. The van der Waals surface area contributed by atoms with E-state index in [-0.39, 0.29) is 22.5 Å². The zero-order valence-electron chi connectivity index (χ0n) is 13.2. The van der Waals surface area contributed by atoms with Gasteiger partial charge in [0.2, 0.25) is 17.3 Å². The number of thioether (sulfide) groups is 1. The van der Waals surface area contributed by atoms with E-state index in [9.17, 15) is 22.4 Å². The van der Waals surface area contributed by atoms with Gasteiger partial charge in [0, 0.05) is 11.6 Å². The Labute approximate surface area is 152 Å². The van der Waals surface area contributed by atoms with Crippen molar-refractivity contribution in [1.29, 1.82) is 5.26 Å². The van der Waals surface area contributed by atoms with Gasteiger partial charge in [-0.1, -0.05) is 16.9 Å². The predicted octanol–water partition coefficient (Wildman–Crippen LogP) is 3.75. The van der Waals surface area contributed by atoms with Gasteiger partial charge in [0.25, 0.3) is 0 Å². The second-order valence-corrected chi connectivity index (χ2v) is 6.15. The summed E-state index contributed by atoms with van der Waals surface area (Å²) in [5.74, 6) is -0.291. The average Bonchev–Trinajstić information content (AvgIpc) is 3.08. The normalized spacial score (nSPS) is 11.4. The van der Waals surface area contributed by atoms with Crippen LogP contribution in [0.1, 0.15) is 17.0 Å². The highest BCUT2D eigenvalue weighted by Crippen LogP contribution is 2.34. The van der Waals surface area contributed by atoms with Crippen LogP contribution in [-0.4, -0.2) is 15.1 Å².